The van der Waals surface area contributed by atoms with Gasteiger partial charge in [-0.05, 0) is 10.8 Å². The summed E-state index contributed by atoms with van der Waals surface area (Å²) in [6, 6.07) is 14.9. The van der Waals surface area contributed by atoms with Crippen molar-refractivity contribution in [1.82, 2.24) is 4.98 Å². The highest BCUT2D eigenvalue weighted by atomic mass is 32.1. The van der Waals surface area contributed by atoms with Crippen LogP contribution < -0.4 is 0 Å². The molecule has 3 rings (SSSR count). The number of fused-ring (bicyclic) bond motifs is 1. The lowest BCUT2D eigenvalue weighted by Crippen LogP contribution is -2.11. The molecule has 19 heavy (non-hydrogen) atoms. The standard InChI is InChI=1S/C17H17NS/c1-17(2,3)15-11-19-16(18-15)14-10-6-8-12-7-4-5-9-13(12)14/h4-11H,1-3H3. The maximum Gasteiger partial charge on any atom is 0.124 e. The summed E-state index contributed by atoms with van der Waals surface area (Å²) in [7, 11) is 0. The molecule has 0 spiro atoms. The van der Waals surface area contributed by atoms with Crippen LogP contribution in [0.15, 0.2) is 47.8 Å². The van der Waals surface area contributed by atoms with Crippen molar-refractivity contribution in [2.24, 2.45) is 0 Å². The van der Waals surface area contributed by atoms with Crippen molar-refractivity contribution in [2.45, 2.75) is 26.2 Å². The maximum absolute atomic E-state index is 4.82. The summed E-state index contributed by atoms with van der Waals surface area (Å²) in [5.74, 6) is 0. The van der Waals surface area contributed by atoms with Crippen molar-refractivity contribution < 1.29 is 0 Å². The highest BCUT2D eigenvalue weighted by Crippen LogP contribution is 2.33. The lowest BCUT2D eigenvalue weighted by Gasteiger charge is -2.14. The zero-order valence-electron chi connectivity index (χ0n) is 11.5. The Morgan fingerprint density at radius 3 is 2.42 bits per heavy atom. The summed E-state index contributed by atoms with van der Waals surface area (Å²) in [6.07, 6.45) is 0. The molecule has 0 N–H and O–H groups in total. The molecule has 0 atom stereocenters. The first-order valence-corrected chi connectivity index (χ1v) is 7.38. The van der Waals surface area contributed by atoms with Gasteiger partial charge in [0.05, 0.1) is 5.69 Å². The number of rotatable bonds is 1. The molecule has 96 valence electrons. The van der Waals surface area contributed by atoms with E-state index in [0.29, 0.717) is 0 Å². The SMILES string of the molecule is CC(C)(C)c1csc(-c2cccc3ccccc23)n1. The van der Waals surface area contributed by atoms with E-state index in [0.717, 1.165) is 5.01 Å². The Balaban J connectivity index is 2.17. The van der Waals surface area contributed by atoms with E-state index < -0.39 is 0 Å². The van der Waals surface area contributed by atoms with Crippen LogP contribution in [-0.4, -0.2) is 4.98 Å². The number of thiazole rings is 1. The fourth-order valence-corrected chi connectivity index (χ4v) is 3.24. The molecule has 1 nitrogen and oxygen atoms in total. The fourth-order valence-electron chi connectivity index (χ4n) is 2.15. The minimum absolute atomic E-state index is 0.110. The number of hydrogen-bond acceptors (Lipinski definition) is 2. The molecule has 0 saturated carbocycles. The smallest absolute Gasteiger partial charge is 0.124 e. The minimum atomic E-state index is 0.110. The maximum atomic E-state index is 4.82. The Kier molecular flexibility index (Phi) is 2.90. The lowest BCUT2D eigenvalue weighted by atomic mass is 9.93. The normalized spacial score (nSPS) is 11.9. The van der Waals surface area contributed by atoms with Gasteiger partial charge in [-0.15, -0.1) is 11.3 Å². The third-order valence-electron chi connectivity index (χ3n) is 3.29. The predicted molar refractivity (Wildman–Crippen MR) is 83.8 cm³/mol. The summed E-state index contributed by atoms with van der Waals surface area (Å²) in [4.78, 5) is 4.82. The number of benzene rings is 2. The van der Waals surface area contributed by atoms with Gasteiger partial charge in [0.1, 0.15) is 5.01 Å². The first-order valence-electron chi connectivity index (χ1n) is 6.50. The van der Waals surface area contributed by atoms with Gasteiger partial charge in [0.2, 0.25) is 0 Å². The lowest BCUT2D eigenvalue weighted by molar-refractivity contribution is 0.573. The Hall–Kier alpha value is -1.67. The van der Waals surface area contributed by atoms with Crippen molar-refractivity contribution >= 4 is 22.1 Å². The van der Waals surface area contributed by atoms with Crippen molar-refractivity contribution in [3.8, 4) is 10.6 Å². The van der Waals surface area contributed by atoms with Crippen LogP contribution in [-0.2, 0) is 5.41 Å². The molecular weight excluding hydrogens is 250 g/mol. The molecule has 0 bridgehead atoms. The molecule has 0 saturated heterocycles. The molecule has 0 unspecified atom stereocenters. The number of hydrogen-bond donors (Lipinski definition) is 0. The van der Waals surface area contributed by atoms with Gasteiger partial charge in [-0.1, -0.05) is 63.2 Å². The highest BCUT2D eigenvalue weighted by Gasteiger charge is 2.18. The average molecular weight is 267 g/mol. The van der Waals surface area contributed by atoms with Crippen LogP contribution in [0.4, 0.5) is 0 Å². The third kappa shape index (κ3) is 2.28. The second-order valence-electron chi connectivity index (χ2n) is 5.81. The van der Waals surface area contributed by atoms with E-state index in [1.807, 2.05) is 0 Å². The topological polar surface area (TPSA) is 12.9 Å². The number of nitrogens with zero attached hydrogens (tertiary/aromatic N) is 1. The monoisotopic (exact) mass is 267 g/mol. The van der Waals surface area contributed by atoms with Crippen LogP contribution in [0.5, 0.6) is 0 Å². The molecule has 2 aromatic carbocycles. The second-order valence-corrected chi connectivity index (χ2v) is 6.67. The summed E-state index contributed by atoms with van der Waals surface area (Å²) in [6.45, 7) is 6.61. The first-order chi connectivity index (χ1) is 9.05. The van der Waals surface area contributed by atoms with E-state index >= 15 is 0 Å². The first kappa shape index (κ1) is 12.4. The second kappa shape index (κ2) is 4.46. The molecule has 1 aromatic heterocycles. The van der Waals surface area contributed by atoms with Gasteiger partial charge in [-0.25, -0.2) is 4.98 Å². The Bertz CT molecular complexity index is 714. The number of aromatic nitrogens is 1. The van der Waals surface area contributed by atoms with Gasteiger partial charge in [0, 0.05) is 16.4 Å². The molecule has 0 aliphatic carbocycles. The molecule has 1 heterocycles. The molecule has 2 heteroatoms. The van der Waals surface area contributed by atoms with Crippen molar-refractivity contribution in [3.05, 3.63) is 53.5 Å². The quantitative estimate of drug-likeness (QED) is 0.586. The van der Waals surface area contributed by atoms with Crippen LogP contribution >= 0.6 is 11.3 Å². The minimum Gasteiger partial charge on any atom is -0.241 e. The molecule has 0 amide bonds. The van der Waals surface area contributed by atoms with Crippen LogP contribution in [0.3, 0.4) is 0 Å². The van der Waals surface area contributed by atoms with Crippen LogP contribution in [0.25, 0.3) is 21.3 Å². The summed E-state index contributed by atoms with van der Waals surface area (Å²) in [5, 5.41) is 5.84. The Labute approximate surface area is 117 Å². The zero-order valence-corrected chi connectivity index (χ0v) is 12.3. The molecule has 0 fully saturated rings. The Morgan fingerprint density at radius 1 is 0.947 bits per heavy atom. The zero-order chi connectivity index (χ0) is 13.5. The molecular formula is C17H17NS. The summed E-state index contributed by atoms with van der Waals surface area (Å²) < 4.78 is 0. The van der Waals surface area contributed by atoms with Gasteiger partial charge in [-0.3, -0.25) is 0 Å². The van der Waals surface area contributed by atoms with Gasteiger partial charge in [-0.2, -0.15) is 0 Å². The summed E-state index contributed by atoms with van der Waals surface area (Å²) >= 11 is 1.73. The Morgan fingerprint density at radius 2 is 1.68 bits per heavy atom. The highest BCUT2D eigenvalue weighted by molar-refractivity contribution is 7.13. The fraction of sp³-hybridized carbons (Fsp3) is 0.235. The van der Waals surface area contributed by atoms with E-state index in [1.165, 1.54) is 22.0 Å². The van der Waals surface area contributed by atoms with Crippen molar-refractivity contribution in [3.63, 3.8) is 0 Å². The van der Waals surface area contributed by atoms with Gasteiger partial charge >= 0.3 is 0 Å². The molecule has 0 aliphatic heterocycles. The van der Waals surface area contributed by atoms with Crippen molar-refractivity contribution in [1.29, 1.82) is 0 Å². The van der Waals surface area contributed by atoms with Crippen LogP contribution in [0, 0.1) is 0 Å². The van der Waals surface area contributed by atoms with Gasteiger partial charge in [0.15, 0.2) is 0 Å². The third-order valence-corrected chi connectivity index (χ3v) is 4.17. The van der Waals surface area contributed by atoms with Gasteiger partial charge < -0.3 is 0 Å². The van der Waals surface area contributed by atoms with E-state index in [-0.39, 0.29) is 5.41 Å². The van der Waals surface area contributed by atoms with E-state index in [1.54, 1.807) is 11.3 Å². The van der Waals surface area contributed by atoms with E-state index in [9.17, 15) is 0 Å². The largest absolute Gasteiger partial charge is 0.241 e. The van der Waals surface area contributed by atoms with E-state index in [2.05, 4.69) is 68.6 Å². The van der Waals surface area contributed by atoms with Crippen LogP contribution in [0.2, 0.25) is 0 Å². The summed E-state index contributed by atoms with van der Waals surface area (Å²) in [5.41, 5.74) is 2.51. The van der Waals surface area contributed by atoms with Crippen LogP contribution in [0.1, 0.15) is 26.5 Å². The van der Waals surface area contributed by atoms with Gasteiger partial charge in [0.25, 0.3) is 0 Å². The predicted octanol–water partition coefficient (Wildman–Crippen LogP) is 5.26. The molecule has 3 aromatic rings. The molecule has 0 aliphatic rings. The van der Waals surface area contributed by atoms with E-state index in [4.69, 9.17) is 4.98 Å². The van der Waals surface area contributed by atoms with Crippen molar-refractivity contribution in [2.75, 3.05) is 0 Å². The average Bonchev–Trinajstić information content (AvgIpc) is 2.87. The molecule has 0 radical (unpaired) electrons.